The van der Waals surface area contributed by atoms with E-state index in [0.717, 1.165) is 12.8 Å². The van der Waals surface area contributed by atoms with Crippen LogP contribution in [-0.4, -0.2) is 27.0 Å². The summed E-state index contributed by atoms with van der Waals surface area (Å²) < 4.78 is 33.2. The van der Waals surface area contributed by atoms with E-state index in [4.69, 9.17) is 4.74 Å². The number of nitrogens with one attached hydrogen (secondary N) is 2. The molecule has 0 unspecified atom stereocenters. The maximum atomic E-state index is 12.7. The molecule has 0 spiro atoms. The lowest BCUT2D eigenvalue weighted by atomic mass is 10.1. The van der Waals surface area contributed by atoms with Crippen molar-refractivity contribution in [2.75, 3.05) is 11.3 Å². The third-order valence-electron chi connectivity index (χ3n) is 4.51. The summed E-state index contributed by atoms with van der Waals surface area (Å²) in [6, 6.07) is 12.8. The summed E-state index contributed by atoms with van der Waals surface area (Å²) in [4.78, 5) is 12.4. The van der Waals surface area contributed by atoms with Crippen molar-refractivity contribution in [1.82, 2.24) is 5.32 Å². The molecule has 0 aromatic heterocycles. The van der Waals surface area contributed by atoms with E-state index >= 15 is 0 Å². The number of rotatable bonds is 8. The van der Waals surface area contributed by atoms with E-state index in [1.165, 1.54) is 12.1 Å². The molecule has 1 atom stereocenters. The summed E-state index contributed by atoms with van der Waals surface area (Å²) in [7, 11) is -3.80. The zero-order chi connectivity index (χ0) is 19.4. The van der Waals surface area contributed by atoms with Gasteiger partial charge in [0.2, 0.25) is 0 Å². The van der Waals surface area contributed by atoms with Crippen LogP contribution in [0.4, 0.5) is 5.69 Å². The van der Waals surface area contributed by atoms with Crippen LogP contribution in [0.5, 0.6) is 5.75 Å². The average molecular weight is 388 g/mol. The minimum absolute atomic E-state index is 0.0445. The minimum Gasteiger partial charge on any atom is -0.494 e. The molecule has 144 valence electrons. The Morgan fingerprint density at radius 1 is 1.19 bits per heavy atom. The average Bonchev–Trinajstić information content (AvgIpc) is 3.49. The Morgan fingerprint density at radius 2 is 1.89 bits per heavy atom. The number of anilines is 1. The molecule has 0 radical (unpaired) electrons. The van der Waals surface area contributed by atoms with Crippen LogP contribution in [0.3, 0.4) is 0 Å². The Labute approximate surface area is 160 Å². The second kappa shape index (κ2) is 8.00. The Kier molecular flexibility index (Phi) is 5.70. The van der Waals surface area contributed by atoms with Gasteiger partial charge in [-0.2, -0.15) is 0 Å². The smallest absolute Gasteiger partial charge is 0.261 e. The number of hydrogen-bond donors (Lipinski definition) is 2. The van der Waals surface area contributed by atoms with E-state index < -0.39 is 10.0 Å². The quantitative estimate of drug-likeness (QED) is 0.726. The Hall–Kier alpha value is -2.54. The van der Waals surface area contributed by atoms with E-state index in [2.05, 4.69) is 10.0 Å². The molecular formula is C20H24N2O4S. The SMILES string of the molecule is CCOc1ccc(NS(=O)(=O)c2cccc(C(=O)N[C@H](C)C3CC3)c2)cc1. The van der Waals surface area contributed by atoms with Crippen LogP contribution >= 0.6 is 0 Å². The molecule has 6 nitrogen and oxygen atoms in total. The zero-order valence-corrected chi connectivity index (χ0v) is 16.3. The zero-order valence-electron chi connectivity index (χ0n) is 15.4. The largest absolute Gasteiger partial charge is 0.494 e. The van der Waals surface area contributed by atoms with Crippen LogP contribution < -0.4 is 14.8 Å². The molecular weight excluding hydrogens is 364 g/mol. The number of benzene rings is 2. The number of amides is 1. The van der Waals surface area contributed by atoms with Crippen molar-refractivity contribution in [2.24, 2.45) is 5.92 Å². The Morgan fingerprint density at radius 3 is 2.52 bits per heavy atom. The second-order valence-corrected chi connectivity index (χ2v) is 8.37. The summed E-state index contributed by atoms with van der Waals surface area (Å²) in [6.45, 7) is 4.40. The molecule has 2 aromatic rings. The fraction of sp³-hybridized carbons (Fsp3) is 0.350. The molecule has 1 amide bonds. The third-order valence-corrected chi connectivity index (χ3v) is 5.89. The van der Waals surface area contributed by atoms with Crippen molar-refractivity contribution in [3.05, 3.63) is 54.1 Å². The maximum absolute atomic E-state index is 12.7. The van der Waals surface area contributed by atoms with Crippen LogP contribution in [0, 0.1) is 5.92 Å². The molecule has 27 heavy (non-hydrogen) atoms. The fourth-order valence-electron chi connectivity index (χ4n) is 2.81. The predicted molar refractivity (Wildman–Crippen MR) is 105 cm³/mol. The van der Waals surface area contributed by atoms with Gasteiger partial charge in [0.05, 0.1) is 11.5 Å². The van der Waals surface area contributed by atoms with Gasteiger partial charge >= 0.3 is 0 Å². The molecule has 7 heteroatoms. The lowest BCUT2D eigenvalue weighted by Crippen LogP contribution is -2.34. The van der Waals surface area contributed by atoms with Crippen LogP contribution in [-0.2, 0) is 10.0 Å². The van der Waals surface area contributed by atoms with Gasteiger partial charge in [0.25, 0.3) is 15.9 Å². The standard InChI is InChI=1S/C20H24N2O4S/c1-3-26-18-11-9-17(10-12-18)22-27(24,25)19-6-4-5-16(13-19)20(23)21-14(2)15-7-8-15/h4-6,9-15,22H,3,7-8H2,1-2H3,(H,21,23)/t14-/m1/s1. The summed E-state index contributed by atoms with van der Waals surface area (Å²) in [6.07, 6.45) is 2.25. The van der Waals surface area contributed by atoms with Crippen molar-refractivity contribution in [3.8, 4) is 5.75 Å². The topological polar surface area (TPSA) is 84.5 Å². The highest BCUT2D eigenvalue weighted by Gasteiger charge is 2.29. The van der Waals surface area contributed by atoms with E-state index in [-0.39, 0.29) is 16.8 Å². The first-order valence-electron chi connectivity index (χ1n) is 9.05. The van der Waals surface area contributed by atoms with Gasteiger partial charge in [0, 0.05) is 17.3 Å². The first-order chi connectivity index (χ1) is 12.9. The molecule has 1 aliphatic carbocycles. The first kappa shape index (κ1) is 19.2. The molecule has 0 bridgehead atoms. The lowest BCUT2D eigenvalue weighted by Gasteiger charge is -2.14. The maximum Gasteiger partial charge on any atom is 0.261 e. The summed E-state index contributed by atoms with van der Waals surface area (Å²) in [5.41, 5.74) is 0.757. The monoisotopic (exact) mass is 388 g/mol. The van der Waals surface area contributed by atoms with Gasteiger partial charge in [-0.25, -0.2) is 8.42 Å². The molecule has 1 saturated carbocycles. The number of sulfonamides is 1. The van der Waals surface area contributed by atoms with Crippen molar-refractivity contribution in [3.63, 3.8) is 0 Å². The van der Waals surface area contributed by atoms with Crippen LogP contribution in [0.1, 0.15) is 37.0 Å². The van der Waals surface area contributed by atoms with E-state index in [1.807, 2.05) is 13.8 Å². The lowest BCUT2D eigenvalue weighted by molar-refractivity contribution is 0.0935. The van der Waals surface area contributed by atoms with Gasteiger partial charge in [0.1, 0.15) is 5.75 Å². The first-order valence-corrected chi connectivity index (χ1v) is 10.5. The molecule has 2 aromatic carbocycles. The molecule has 0 saturated heterocycles. The van der Waals surface area contributed by atoms with Gasteiger partial charge in [-0.15, -0.1) is 0 Å². The van der Waals surface area contributed by atoms with Gasteiger partial charge in [-0.05, 0) is 75.1 Å². The summed E-state index contributed by atoms with van der Waals surface area (Å²) in [5.74, 6) is 0.943. The van der Waals surface area contributed by atoms with Gasteiger partial charge < -0.3 is 10.1 Å². The second-order valence-electron chi connectivity index (χ2n) is 6.69. The molecule has 1 aliphatic rings. The predicted octanol–water partition coefficient (Wildman–Crippen LogP) is 3.41. The summed E-state index contributed by atoms with van der Waals surface area (Å²) in [5, 5.41) is 2.94. The van der Waals surface area contributed by atoms with E-state index in [1.54, 1.807) is 36.4 Å². The number of hydrogen-bond acceptors (Lipinski definition) is 4. The Bertz CT molecular complexity index is 906. The number of ether oxygens (including phenoxy) is 1. The fourth-order valence-corrected chi connectivity index (χ4v) is 3.91. The van der Waals surface area contributed by atoms with Gasteiger partial charge in [0.15, 0.2) is 0 Å². The van der Waals surface area contributed by atoms with E-state index in [9.17, 15) is 13.2 Å². The highest BCUT2D eigenvalue weighted by molar-refractivity contribution is 7.92. The highest BCUT2D eigenvalue weighted by Crippen LogP contribution is 2.32. The third kappa shape index (κ3) is 5.01. The molecule has 1 fully saturated rings. The normalized spacial score (nSPS) is 15.0. The van der Waals surface area contributed by atoms with Crippen molar-refractivity contribution in [2.45, 2.75) is 37.6 Å². The van der Waals surface area contributed by atoms with Crippen molar-refractivity contribution < 1.29 is 17.9 Å². The van der Waals surface area contributed by atoms with Crippen molar-refractivity contribution >= 4 is 21.6 Å². The summed E-state index contributed by atoms with van der Waals surface area (Å²) >= 11 is 0. The van der Waals surface area contributed by atoms with Gasteiger partial charge in [-0.3, -0.25) is 9.52 Å². The van der Waals surface area contributed by atoms with E-state index in [0.29, 0.717) is 29.5 Å². The number of carbonyl (C=O) groups is 1. The number of carbonyl (C=O) groups excluding carboxylic acids is 1. The van der Waals surface area contributed by atoms with Crippen LogP contribution in [0.15, 0.2) is 53.4 Å². The minimum atomic E-state index is -3.80. The molecule has 0 heterocycles. The van der Waals surface area contributed by atoms with Crippen LogP contribution in [0.2, 0.25) is 0 Å². The Balaban J connectivity index is 1.73. The van der Waals surface area contributed by atoms with Gasteiger partial charge in [-0.1, -0.05) is 6.07 Å². The van der Waals surface area contributed by atoms with Crippen LogP contribution in [0.25, 0.3) is 0 Å². The highest BCUT2D eigenvalue weighted by atomic mass is 32.2. The van der Waals surface area contributed by atoms with Crippen molar-refractivity contribution in [1.29, 1.82) is 0 Å². The molecule has 0 aliphatic heterocycles. The molecule has 3 rings (SSSR count). The molecule has 2 N–H and O–H groups in total.